The normalized spacial score (nSPS) is 10.7. The predicted molar refractivity (Wildman–Crippen MR) is 123 cm³/mol. The maximum atomic E-state index is 13.3. The number of rotatable bonds is 7. The lowest BCUT2D eigenvalue weighted by molar-refractivity contribution is 0.102. The predicted octanol–water partition coefficient (Wildman–Crippen LogP) is 6.21. The number of amides is 1. The fourth-order valence-electron chi connectivity index (χ4n) is 3.10. The third-order valence-electron chi connectivity index (χ3n) is 4.62. The summed E-state index contributed by atoms with van der Waals surface area (Å²) in [5.41, 5.74) is 2.59. The lowest BCUT2D eigenvalue weighted by Crippen LogP contribution is -2.12. The third kappa shape index (κ3) is 5.46. The Hall–Kier alpha value is -3.35. The minimum atomic E-state index is -0.301. The lowest BCUT2D eigenvalue weighted by Gasteiger charge is -2.10. The van der Waals surface area contributed by atoms with E-state index >= 15 is 0 Å². The van der Waals surface area contributed by atoms with E-state index < -0.39 is 0 Å². The molecule has 5 nitrogen and oxygen atoms in total. The Labute approximate surface area is 194 Å². The van der Waals surface area contributed by atoms with Gasteiger partial charge in [-0.2, -0.15) is 5.10 Å². The highest BCUT2D eigenvalue weighted by Crippen LogP contribution is 2.32. The summed E-state index contributed by atoms with van der Waals surface area (Å²) < 4.78 is 20.7. The van der Waals surface area contributed by atoms with Crippen molar-refractivity contribution in [3.8, 4) is 5.75 Å². The van der Waals surface area contributed by atoms with Crippen LogP contribution in [0.1, 0.15) is 21.5 Å². The monoisotopic (exact) mass is 469 g/mol. The number of carbonyl (C=O) groups excluding carboxylic acids is 1. The van der Waals surface area contributed by atoms with Crippen molar-refractivity contribution in [3.05, 3.63) is 112 Å². The topological polar surface area (TPSA) is 56.2 Å². The van der Waals surface area contributed by atoms with Crippen molar-refractivity contribution < 1.29 is 13.9 Å². The number of halogens is 3. The van der Waals surface area contributed by atoms with Crippen LogP contribution in [0.2, 0.25) is 10.0 Å². The molecule has 0 saturated heterocycles. The van der Waals surface area contributed by atoms with Crippen LogP contribution in [0.5, 0.6) is 5.75 Å². The number of carbonyl (C=O) groups is 1. The van der Waals surface area contributed by atoms with Crippen molar-refractivity contribution in [2.75, 3.05) is 5.32 Å². The highest BCUT2D eigenvalue weighted by Gasteiger charge is 2.10. The molecule has 32 heavy (non-hydrogen) atoms. The van der Waals surface area contributed by atoms with Crippen molar-refractivity contribution >= 4 is 34.8 Å². The van der Waals surface area contributed by atoms with Gasteiger partial charge in [-0.1, -0.05) is 53.5 Å². The molecule has 0 fully saturated rings. The Morgan fingerprint density at radius 1 is 1.03 bits per heavy atom. The SMILES string of the molecule is O=C(Nc1cnn(Cc2cccc(F)c2)c1)c1cccc(COc2cccc(Cl)c2Cl)c1. The number of nitrogens with one attached hydrogen (secondary N) is 1. The first-order valence-electron chi connectivity index (χ1n) is 9.72. The second kappa shape index (κ2) is 9.85. The molecule has 0 saturated carbocycles. The van der Waals surface area contributed by atoms with Crippen molar-refractivity contribution in [1.29, 1.82) is 0 Å². The van der Waals surface area contributed by atoms with E-state index in [-0.39, 0.29) is 18.3 Å². The van der Waals surface area contributed by atoms with E-state index in [9.17, 15) is 9.18 Å². The van der Waals surface area contributed by atoms with Gasteiger partial charge in [0.25, 0.3) is 5.91 Å². The largest absolute Gasteiger partial charge is 0.487 e. The molecule has 1 amide bonds. The van der Waals surface area contributed by atoms with Crippen LogP contribution in [-0.4, -0.2) is 15.7 Å². The molecule has 0 aliphatic carbocycles. The van der Waals surface area contributed by atoms with Crippen LogP contribution in [0.15, 0.2) is 79.1 Å². The molecule has 4 aromatic rings. The molecule has 0 bridgehead atoms. The van der Waals surface area contributed by atoms with E-state index in [0.29, 0.717) is 33.6 Å². The molecule has 8 heteroatoms. The molecule has 1 aromatic heterocycles. The van der Waals surface area contributed by atoms with Gasteiger partial charge in [0.15, 0.2) is 0 Å². The second-order valence-electron chi connectivity index (χ2n) is 7.05. The summed E-state index contributed by atoms with van der Waals surface area (Å²) in [7, 11) is 0. The fourth-order valence-corrected chi connectivity index (χ4v) is 3.45. The molecule has 3 aromatic carbocycles. The molecule has 1 N–H and O–H groups in total. The summed E-state index contributed by atoms with van der Waals surface area (Å²) in [5, 5.41) is 7.80. The molecule has 0 aliphatic heterocycles. The van der Waals surface area contributed by atoms with Gasteiger partial charge in [0, 0.05) is 11.8 Å². The van der Waals surface area contributed by atoms with Crippen molar-refractivity contribution in [2.45, 2.75) is 13.2 Å². The van der Waals surface area contributed by atoms with Gasteiger partial charge in [0.05, 0.1) is 23.5 Å². The molecule has 0 atom stereocenters. The zero-order chi connectivity index (χ0) is 22.5. The van der Waals surface area contributed by atoms with Gasteiger partial charge in [-0.3, -0.25) is 9.48 Å². The Kier molecular flexibility index (Phi) is 6.73. The number of hydrogen-bond donors (Lipinski definition) is 1. The van der Waals surface area contributed by atoms with Crippen LogP contribution < -0.4 is 10.1 Å². The van der Waals surface area contributed by atoms with Crippen molar-refractivity contribution in [3.63, 3.8) is 0 Å². The number of ether oxygens (including phenoxy) is 1. The molecule has 1 heterocycles. The summed E-state index contributed by atoms with van der Waals surface area (Å²) >= 11 is 12.1. The summed E-state index contributed by atoms with van der Waals surface area (Å²) in [6.45, 7) is 0.624. The highest BCUT2D eigenvalue weighted by molar-refractivity contribution is 6.42. The van der Waals surface area contributed by atoms with Crippen LogP contribution in [0, 0.1) is 5.82 Å². The second-order valence-corrected chi connectivity index (χ2v) is 7.84. The summed E-state index contributed by atoms with van der Waals surface area (Å²) in [6.07, 6.45) is 3.24. The average Bonchev–Trinajstić information content (AvgIpc) is 3.21. The van der Waals surface area contributed by atoms with E-state index in [2.05, 4.69) is 10.4 Å². The zero-order valence-corrected chi connectivity index (χ0v) is 18.3. The lowest BCUT2D eigenvalue weighted by atomic mass is 10.1. The number of hydrogen-bond acceptors (Lipinski definition) is 3. The van der Waals surface area contributed by atoms with Gasteiger partial charge in [-0.25, -0.2) is 4.39 Å². The number of benzene rings is 3. The first-order chi connectivity index (χ1) is 15.5. The van der Waals surface area contributed by atoms with Crippen LogP contribution in [-0.2, 0) is 13.2 Å². The quantitative estimate of drug-likeness (QED) is 0.350. The minimum absolute atomic E-state index is 0.229. The van der Waals surface area contributed by atoms with Crippen molar-refractivity contribution in [1.82, 2.24) is 9.78 Å². The average molecular weight is 470 g/mol. The molecule has 0 aliphatic rings. The van der Waals surface area contributed by atoms with Gasteiger partial charge in [0.2, 0.25) is 0 Å². The number of aromatic nitrogens is 2. The summed E-state index contributed by atoms with van der Waals surface area (Å²) in [4.78, 5) is 12.7. The first-order valence-corrected chi connectivity index (χ1v) is 10.5. The molecule has 162 valence electrons. The van der Waals surface area contributed by atoms with Gasteiger partial charge < -0.3 is 10.1 Å². The van der Waals surface area contributed by atoms with E-state index in [1.807, 2.05) is 12.1 Å². The van der Waals surface area contributed by atoms with E-state index in [4.69, 9.17) is 27.9 Å². The van der Waals surface area contributed by atoms with Gasteiger partial charge in [0.1, 0.15) is 23.2 Å². The minimum Gasteiger partial charge on any atom is -0.487 e. The Morgan fingerprint density at radius 3 is 2.66 bits per heavy atom. The standard InChI is InChI=1S/C24H18Cl2FN3O2/c25-21-8-3-9-22(23(21)26)32-15-17-5-1-6-18(10-17)24(31)29-20-12-28-30(14-20)13-16-4-2-7-19(27)11-16/h1-12,14H,13,15H2,(H,29,31). The zero-order valence-electron chi connectivity index (χ0n) is 16.8. The smallest absolute Gasteiger partial charge is 0.255 e. The van der Waals surface area contributed by atoms with Gasteiger partial charge >= 0.3 is 0 Å². The summed E-state index contributed by atoms with van der Waals surface area (Å²) in [6, 6.07) is 18.5. The molecule has 4 rings (SSSR count). The number of nitrogens with zero attached hydrogens (tertiary/aromatic N) is 2. The molecule has 0 spiro atoms. The van der Waals surface area contributed by atoms with Crippen LogP contribution in [0.3, 0.4) is 0 Å². The molecular formula is C24H18Cl2FN3O2. The van der Waals surface area contributed by atoms with Crippen LogP contribution >= 0.6 is 23.2 Å². The fraction of sp³-hybridized carbons (Fsp3) is 0.0833. The maximum absolute atomic E-state index is 13.3. The van der Waals surface area contributed by atoms with Crippen LogP contribution in [0.25, 0.3) is 0 Å². The Morgan fingerprint density at radius 2 is 1.81 bits per heavy atom. The van der Waals surface area contributed by atoms with E-state index in [1.165, 1.54) is 12.1 Å². The molecule has 0 unspecified atom stereocenters. The van der Waals surface area contributed by atoms with Crippen molar-refractivity contribution in [2.24, 2.45) is 0 Å². The first kappa shape index (κ1) is 21.9. The van der Waals surface area contributed by atoms with E-state index in [0.717, 1.165) is 11.1 Å². The third-order valence-corrected chi connectivity index (χ3v) is 5.43. The Bertz CT molecular complexity index is 1260. The van der Waals surface area contributed by atoms with E-state index in [1.54, 1.807) is 59.5 Å². The summed E-state index contributed by atoms with van der Waals surface area (Å²) in [5.74, 6) is -0.109. The van der Waals surface area contributed by atoms with Gasteiger partial charge in [-0.05, 0) is 47.5 Å². The highest BCUT2D eigenvalue weighted by atomic mass is 35.5. The molecular weight excluding hydrogens is 452 g/mol. The maximum Gasteiger partial charge on any atom is 0.255 e. The molecule has 0 radical (unpaired) electrons. The van der Waals surface area contributed by atoms with Crippen LogP contribution in [0.4, 0.5) is 10.1 Å². The van der Waals surface area contributed by atoms with Gasteiger partial charge in [-0.15, -0.1) is 0 Å². The number of anilines is 1. The Balaban J connectivity index is 1.39.